The van der Waals surface area contributed by atoms with Crippen LogP contribution < -0.4 is 0 Å². The summed E-state index contributed by atoms with van der Waals surface area (Å²) in [4.78, 5) is 33.4. The summed E-state index contributed by atoms with van der Waals surface area (Å²) in [5.74, 6) is -1.49. The molecule has 3 unspecified atom stereocenters. The van der Waals surface area contributed by atoms with Gasteiger partial charge in [0.2, 0.25) is 0 Å². The van der Waals surface area contributed by atoms with Crippen LogP contribution in [0.25, 0.3) is 0 Å². The van der Waals surface area contributed by atoms with Gasteiger partial charge in [-0.05, 0) is 5.56 Å². The van der Waals surface area contributed by atoms with E-state index in [1.807, 2.05) is 0 Å². The van der Waals surface area contributed by atoms with E-state index in [-0.39, 0.29) is 5.56 Å². The van der Waals surface area contributed by atoms with Gasteiger partial charge in [0, 0.05) is 0 Å². The molecular weight excluding hydrogens is 381 g/mol. The fourth-order valence-electron chi connectivity index (χ4n) is 1.35. The Morgan fingerprint density at radius 3 is 2.04 bits per heavy atom. The number of hydrogen-bond acceptors (Lipinski definition) is 10. The topological polar surface area (TPSA) is 175 Å². The van der Waals surface area contributed by atoms with Crippen LogP contribution in [0, 0.1) is 0 Å². The molecule has 1 heterocycles. The normalized spacial score (nSPS) is 35.4. The van der Waals surface area contributed by atoms with Crippen molar-refractivity contribution in [2.45, 2.75) is 6.10 Å². The van der Waals surface area contributed by atoms with Crippen LogP contribution in [0.1, 0.15) is 11.7 Å². The molecule has 0 spiro atoms. The summed E-state index contributed by atoms with van der Waals surface area (Å²) in [5, 5.41) is 9.65. The Kier molecular flexibility index (Phi) is 5.24. The van der Waals surface area contributed by atoms with Crippen molar-refractivity contribution in [2.24, 2.45) is 0 Å². The maximum absolute atomic E-state index is 11.8. The van der Waals surface area contributed by atoms with Crippen molar-refractivity contribution in [3.05, 3.63) is 35.9 Å². The smallest absolute Gasteiger partial charge is 0.377 e. The maximum Gasteiger partial charge on any atom is 0.528 e. The molecule has 0 amide bonds. The first-order chi connectivity index (χ1) is 10.5. The molecular formula is C8H9O12P3. The van der Waals surface area contributed by atoms with E-state index in [1.165, 1.54) is 24.3 Å². The zero-order chi connectivity index (χ0) is 17.3. The molecule has 128 valence electrons. The van der Waals surface area contributed by atoms with Gasteiger partial charge >= 0.3 is 29.4 Å². The average Bonchev–Trinajstić information content (AvgIpc) is 2.41. The molecule has 0 bridgehead atoms. The molecule has 2 rings (SSSR count). The van der Waals surface area contributed by atoms with Crippen molar-refractivity contribution in [3.63, 3.8) is 0 Å². The Hall–Kier alpha value is -0.900. The highest BCUT2D eigenvalue weighted by atomic mass is 31.3. The molecule has 1 aliphatic heterocycles. The first-order valence-electron chi connectivity index (χ1n) is 5.55. The summed E-state index contributed by atoms with van der Waals surface area (Å²) in [7, 11) is -15.7. The van der Waals surface area contributed by atoms with Crippen LogP contribution in [-0.2, 0) is 41.0 Å². The third kappa shape index (κ3) is 5.03. The first-order valence-corrected chi connectivity index (χ1v) is 10.00. The number of carbonyl (C=O) groups is 1. The first kappa shape index (κ1) is 18.4. The lowest BCUT2D eigenvalue weighted by atomic mass is 10.1. The molecule has 1 fully saturated rings. The van der Waals surface area contributed by atoms with E-state index in [0.29, 0.717) is 0 Å². The monoisotopic (exact) mass is 390 g/mol. The minimum absolute atomic E-state index is 0.0915. The van der Waals surface area contributed by atoms with Gasteiger partial charge in [0.15, 0.2) is 6.10 Å². The Balaban J connectivity index is 2.05. The van der Waals surface area contributed by atoms with Gasteiger partial charge in [-0.25, -0.2) is 18.5 Å². The highest BCUT2D eigenvalue weighted by Gasteiger charge is 2.55. The number of aliphatic hydroxyl groups is 1. The van der Waals surface area contributed by atoms with Crippen molar-refractivity contribution in [2.75, 3.05) is 0 Å². The van der Waals surface area contributed by atoms with E-state index in [9.17, 15) is 23.6 Å². The lowest BCUT2D eigenvalue weighted by Gasteiger charge is -2.25. The van der Waals surface area contributed by atoms with Crippen LogP contribution >= 0.6 is 23.5 Å². The van der Waals surface area contributed by atoms with Crippen LogP contribution in [0.2, 0.25) is 0 Å². The van der Waals surface area contributed by atoms with Gasteiger partial charge in [0.05, 0.1) is 0 Å². The van der Waals surface area contributed by atoms with Gasteiger partial charge in [-0.3, -0.25) is 4.89 Å². The van der Waals surface area contributed by atoms with Gasteiger partial charge in [0.1, 0.15) is 0 Å². The zero-order valence-electron chi connectivity index (χ0n) is 10.8. The molecule has 3 N–H and O–H groups in total. The average molecular weight is 390 g/mol. The summed E-state index contributed by atoms with van der Waals surface area (Å²) < 4.78 is 49.2. The Labute approximate surface area is 128 Å². The highest BCUT2D eigenvalue weighted by molar-refractivity contribution is 7.74. The molecule has 1 aromatic rings. The van der Waals surface area contributed by atoms with Gasteiger partial charge in [-0.1, -0.05) is 35.0 Å². The van der Waals surface area contributed by atoms with Crippen molar-refractivity contribution in [1.29, 1.82) is 0 Å². The summed E-state index contributed by atoms with van der Waals surface area (Å²) in [6.45, 7) is 0. The molecule has 3 atom stereocenters. The molecule has 1 aromatic carbocycles. The third-order valence-corrected chi connectivity index (χ3v) is 7.32. The fraction of sp³-hybridized carbons (Fsp3) is 0.125. The van der Waals surface area contributed by atoms with E-state index in [1.54, 1.807) is 6.07 Å². The second-order valence-corrected chi connectivity index (χ2v) is 8.80. The highest BCUT2D eigenvalue weighted by Crippen LogP contribution is 2.80. The molecule has 1 saturated heterocycles. The van der Waals surface area contributed by atoms with Crippen molar-refractivity contribution in [3.8, 4) is 0 Å². The van der Waals surface area contributed by atoms with Gasteiger partial charge in [0.25, 0.3) is 0 Å². The SMILES string of the molecule is O=C(OOP1(=O)OP(=O)(O)OP(=O)(O)O1)C(O)c1ccccc1. The third-order valence-electron chi connectivity index (χ3n) is 2.16. The number of phosphoric acid groups is 3. The Bertz CT molecular complexity index is 703. The molecule has 1 aliphatic rings. The number of rotatable bonds is 4. The summed E-state index contributed by atoms with van der Waals surface area (Å²) in [6, 6.07) is 7.34. The molecule has 15 heteroatoms. The summed E-state index contributed by atoms with van der Waals surface area (Å²) in [5.41, 5.74) is 0.0915. The van der Waals surface area contributed by atoms with Gasteiger partial charge in [-0.2, -0.15) is 12.9 Å². The lowest BCUT2D eigenvalue weighted by molar-refractivity contribution is -0.231. The second kappa shape index (κ2) is 6.54. The van der Waals surface area contributed by atoms with Crippen molar-refractivity contribution >= 4 is 29.4 Å². The van der Waals surface area contributed by atoms with Crippen molar-refractivity contribution < 1.29 is 55.9 Å². The molecule has 12 nitrogen and oxygen atoms in total. The standard InChI is InChI=1S/C8H9O12P3/c9-7(6-4-2-1-3-5-6)8(10)16-17-23(15)19-21(11,12)18-22(13,14)20-23/h1-5,7,9H,(H,11,12)(H,13,14). The predicted octanol–water partition coefficient (Wildman–Crippen LogP) is 1.57. The molecule has 0 saturated carbocycles. The van der Waals surface area contributed by atoms with E-state index in [4.69, 9.17) is 9.79 Å². The summed E-state index contributed by atoms with van der Waals surface area (Å²) in [6.07, 6.45) is -1.86. The Morgan fingerprint density at radius 2 is 1.52 bits per heavy atom. The largest absolute Gasteiger partial charge is 0.528 e. The van der Waals surface area contributed by atoms with E-state index in [0.717, 1.165) is 0 Å². The molecule has 0 aliphatic carbocycles. The summed E-state index contributed by atoms with van der Waals surface area (Å²) >= 11 is 0. The number of carbonyl (C=O) groups excluding carboxylic acids is 1. The fourth-order valence-corrected chi connectivity index (χ4v) is 5.96. The molecule has 0 radical (unpaired) electrons. The molecule has 23 heavy (non-hydrogen) atoms. The van der Waals surface area contributed by atoms with Gasteiger partial charge in [-0.15, -0.1) is 0 Å². The van der Waals surface area contributed by atoms with Gasteiger partial charge < -0.3 is 14.9 Å². The van der Waals surface area contributed by atoms with Crippen molar-refractivity contribution in [1.82, 2.24) is 0 Å². The van der Waals surface area contributed by atoms with Crippen LogP contribution in [0.15, 0.2) is 30.3 Å². The van der Waals surface area contributed by atoms with E-state index in [2.05, 4.69) is 22.5 Å². The van der Waals surface area contributed by atoms with E-state index >= 15 is 0 Å². The number of hydrogen-bond donors (Lipinski definition) is 3. The number of benzene rings is 1. The Morgan fingerprint density at radius 1 is 1.00 bits per heavy atom. The quantitative estimate of drug-likeness (QED) is 0.385. The lowest BCUT2D eigenvalue weighted by Crippen LogP contribution is -2.16. The molecule has 0 aromatic heterocycles. The second-order valence-electron chi connectivity index (χ2n) is 3.92. The van der Waals surface area contributed by atoms with Crippen LogP contribution in [0.3, 0.4) is 0 Å². The minimum atomic E-state index is -5.25. The minimum Gasteiger partial charge on any atom is -0.377 e. The van der Waals surface area contributed by atoms with Crippen LogP contribution in [0.4, 0.5) is 0 Å². The number of aliphatic hydroxyl groups excluding tert-OH is 1. The predicted molar refractivity (Wildman–Crippen MR) is 69.1 cm³/mol. The van der Waals surface area contributed by atoms with Crippen LogP contribution in [0.5, 0.6) is 0 Å². The van der Waals surface area contributed by atoms with Crippen LogP contribution in [-0.4, -0.2) is 20.9 Å². The van der Waals surface area contributed by atoms with E-state index < -0.39 is 35.5 Å². The maximum atomic E-state index is 11.8. The zero-order valence-corrected chi connectivity index (χ0v) is 13.5.